The van der Waals surface area contributed by atoms with Crippen molar-refractivity contribution in [3.63, 3.8) is 0 Å². The molecule has 3 aliphatic heterocycles. The van der Waals surface area contributed by atoms with E-state index in [1.807, 2.05) is 43.7 Å². The van der Waals surface area contributed by atoms with Crippen LogP contribution in [0, 0.1) is 32.5 Å². The molecular formula is C27H29FN6. The van der Waals surface area contributed by atoms with E-state index in [1.54, 1.807) is 12.3 Å². The van der Waals surface area contributed by atoms with Gasteiger partial charge < -0.3 is 9.47 Å². The number of halogens is 1. The van der Waals surface area contributed by atoms with Crippen molar-refractivity contribution in [2.75, 3.05) is 19.6 Å². The molecule has 2 bridgehead atoms. The lowest BCUT2D eigenvalue weighted by molar-refractivity contribution is 0.0870. The third kappa shape index (κ3) is 3.68. The lowest BCUT2D eigenvalue weighted by atomic mass is 9.75. The van der Waals surface area contributed by atoms with Crippen LogP contribution in [0.2, 0.25) is 0 Å². The van der Waals surface area contributed by atoms with Crippen LogP contribution in [0.15, 0.2) is 36.7 Å². The molecule has 3 fully saturated rings. The molecule has 174 valence electrons. The molecule has 3 saturated heterocycles. The van der Waals surface area contributed by atoms with Crippen LogP contribution in [0.25, 0.3) is 22.6 Å². The first kappa shape index (κ1) is 21.4. The number of hydrogen-bond donors (Lipinski definition) is 0. The largest absolute Gasteiger partial charge is 0.304 e. The van der Waals surface area contributed by atoms with Gasteiger partial charge in [-0.05, 0) is 81.8 Å². The molecule has 1 aromatic carbocycles. The van der Waals surface area contributed by atoms with Crippen molar-refractivity contribution < 1.29 is 4.39 Å². The Labute approximate surface area is 198 Å². The van der Waals surface area contributed by atoms with Gasteiger partial charge in [-0.2, -0.15) is 0 Å². The van der Waals surface area contributed by atoms with Crippen molar-refractivity contribution in [1.82, 2.24) is 29.4 Å². The predicted molar refractivity (Wildman–Crippen MR) is 130 cm³/mol. The average Bonchev–Trinajstić information content (AvgIpc) is 3.19. The van der Waals surface area contributed by atoms with Crippen LogP contribution >= 0.6 is 0 Å². The Morgan fingerprint density at radius 3 is 2.53 bits per heavy atom. The quantitative estimate of drug-likeness (QED) is 0.441. The summed E-state index contributed by atoms with van der Waals surface area (Å²) in [7, 11) is 0. The third-order valence-corrected chi connectivity index (χ3v) is 7.50. The van der Waals surface area contributed by atoms with Gasteiger partial charge in [0.2, 0.25) is 0 Å². The maximum absolute atomic E-state index is 15.5. The fourth-order valence-electron chi connectivity index (χ4n) is 5.76. The highest BCUT2D eigenvalue weighted by Gasteiger charge is 2.35. The van der Waals surface area contributed by atoms with Gasteiger partial charge in [0.25, 0.3) is 0 Å². The molecule has 0 N–H and O–H groups in total. The Bertz CT molecular complexity index is 1390. The predicted octanol–water partition coefficient (Wildman–Crippen LogP) is 4.81. The number of aryl methyl sites for hydroxylation is 3. The highest BCUT2D eigenvalue weighted by molar-refractivity contribution is 5.79. The van der Waals surface area contributed by atoms with E-state index in [1.165, 1.54) is 25.9 Å². The summed E-state index contributed by atoms with van der Waals surface area (Å²) in [6, 6.07) is 7.89. The first-order valence-electron chi connectivity index (χ1n) is 12.1. The fraction of sp³-hybridized carbons (Fsp3) is 0.407. The van der Waals surface area contributed by atoms with Crippen molar-refractivity contribution in [2.24, 2.45) is 5.92 Å². The van der Waals surface area contributed by atoms with Crippen LogP contribution in [0.4, 0.5) is 4.39 Å². The first-order valence-corrected chi connectivity index (χ1v) is 12.1. The van der Waals surface area contributed by atoms with Crippen LogP contribution < -0.4 is 0 Å². The van der Waals surface area contributed by atoms with Crippen LogP contribution in [0.5, 0.6) is 0 Å². The Morgan fingerprint density at radius 2 is 1.82 bits per heavy atom. The molecule has 6 nitrogen and oxygen atoms in total. The average molecular weight is 457 g/mol. The second-order valence-corrected chi connectivity index (χ2v) is 9.90. The number of aromatic nitrogens is 5. The molecule has 0 radical (unpaired) electrons. The van der Waals surface area contributed by atoms with Crippen molar-refractivity contribution in [3.8, 4) is 11.4 Å². The second-order valence-electron chi connectivity index (χ2n) is 9.90. The molecule has 3 aliphatic rings. The summed E-state index contributed by atoms with van der Waals surface area (Å²) < 4.78 is 17.5. The van der Waals surface area contributed by atoms with E-state index >= 15 is 4.39 Å². The molecular weight excluding hydrogens is 427 g/mol. The molecule has 7 heteroatoms. The monoisotopic (exact) mass is 456 g/mol. The lowest BCUT2D eigenvalue weighted by Crippen LogP contribution is -2.46. The lowest BCUT2D eigenvalue weighted by Gasteiger charge is -2.45. The highest BCUT2D eigenvalue weighted by atomic mass is 19.1. The van der Waals surface area contributed by atoms with Gasteiger partial charge in [0, 0.05) is 30.1 Å². The number of nitrogens with zero attached hydrogens (tertiary/aromatic N) is 6. The van der Waals surface area contributed by atoms with Gasteiger partial charge in [0.1, 0.15) is 23.0 Å². The van der Waals surface area contributed by atoms with Gasteiger partial charge in [-0.3, -0.25) is 4.98 Å². The number of rotatable bonds is 4. The maximum Gasteiger partial charge on any atom is 0.164 e. The molecule has 7 rings (SSSR count). The van der Waals surface area contributed by atoms with E-state index in [0.29, 0.717) is 29.8 Å². The second kappa shape index (κ2) is 8.24. The normalized spacial score (nSPS) is 21.9. The van der Waals surface area contributed by atoms with E-state index in [-0.39, 0.29) is 5.82 Å². The molecule has 0 aliphatic carbocycles. The van der Waals surface area contributed by atoms with Gasteiger partial charge in [-0.1, -0.05) is 12.1 Å². The maximum atomic E-state index is 15.5. The summed E-state index contributed by atoms with van der Waals surface area (Å²) in [6.45, 7) is 9.60. The molecule has 4 aromatic rings. The smallest absolute Gasteiger partial charge is 0.164 e. The van der Waals surface area contributed by atoms with Crippen LogP contribution in [0.1, 0.15) is 47.0 Å². The Morgan fingerprint density at radius 1 is 1.00 bits per heavy atom. The number of imidazole rings is 1. The third-order valence-electron chi connectivity index (χ3n) is 7.50. The zero-order valence-electron chi connectivity index (χ0n) is 19.9. The number of fused-ring (bicyclic) bond motifs is 4. The first-order chi connectivity index (χ1) is 16.5. The van der Waals surface area contributed by atoms with Crippen LogP contribution in [-0.2, 0) is 6.54 Å². The standard InChI is InChI=1S/C27H29FN6/c1-16-10-22(13-29-12-16)26-32-25-17(2)30-18(3)31-27(25)34(26)14-21-5-4-20(11-24(21)28)23-15-33-8-6-19(23)7-9-33/h4-5,10-13,19,23H,6-9,14-15H2,1-3H3. The number of piperidine rings is 3. The molecule has 6 heterocycles. The molecule has 0 amide bonds. The van der Waals surface area contributed by atoms with Crippen molar-refractivity contribution >= 4 is 11.2 Å². The summed E-state index contributed by atoms with van der Waals surface area (Å²) >= 11 is 0. The molecule has 34 heavy (non-hydrogen) atoms. The molecule has 0 saturated carbocycles. The molecule has 0 spiro atoms. The minimum absolute atomic E-state index is 0.161. The summed E-state index contributed by atoms with van der Waals surface area (Å²) in [4.78, 5) is 20.9. The summed E-state index contributed by atoms with van der Waals surface area (Å²) in [5.41, 5.74) is 5.99. The zero-order valence-corrected chi connectivity index (χ0v) is 19.9. The van der Waals surface area contributed by atoms with Crippen molar-refractivity contribution in [1.29, 1.82) is 0 Å². The van der Waals surface area contributed by atoms with Gasteiger partial charge in [-0.15, -0.1) is 0 Å². The molecule has 3 aromatic heterocycles. The van der Waals surface area contributed by atoms with E-state index < -0.39 is 0 Å². The van der Waals surface area contributed by atoms with Crippen LogP contribution in [-0.4, -0.2) is 49.0 Å². The molecule has 1 unspecified atom stereocenters. The van der Waals surface area contributed by atoms with Gasteiger partial charge in [0.15, 0.2) is 5.65 Å². The van der Waals surface area contributed by atoms with E-state index in [4.69, 9.17) is 4.98 Å². The van der Waals surface area contributed by atoms with Crippen molar-refractivity contribution in [2.45, 2.75) is 46.1 Å². The van der Waals surface area contributed by atoms with Crippen molar-refractivity contribution in [3.05, 3.63) is 70.7 Å². The number of pyridine rings is 1. The van der Waals surface area contributed by atoms with Gasteiger partial charge in [0.05, 0.1) is 12.2 Å². The summed E-state index contributed by atoms with van der Waals surface area (Å²) in [5, 5.41) is 0. The number of benzene rings is 1. The Kier molecular flexibility index (Phi) is 5.17. The Hall–Kier alpha value is -3.19. The SMILES string of the molecule is Cc1cncc(-c2nc3c(C)nc(C)nc3n2Cc2ccc(C3CN4CCC3CC4)cc2F)c1. The minimum Gasteiger partial charge on any atom is -0.304 e. The van der Waals surface area contributed by atoms with E-state index in [9.17, 15) is 0 Å². The minimum atomic E-state index is -0.161. The van der Waals surface area contributed by atoms with E-state index in [0.717, 1.165) is 45.9 Å². The van der Waals surface area contributed by atoms with Crippen LogP contribution in [0.3, 0.4) is 0 Å². The summed E-state index contributed by atoms with van der Waals surface area (Å²) in [5.74, 6) is 2.36. The van der Waals surface area contributed by atoms with Gasteiger partial charge >= 0.3 is 0 Å². The zero-order chi connectivity index (χ0) is 23.4. The highest BCUT2D eigenvalue weighted by Crippen LogP contribution is 2.39. The fourth-order valence-corrected chi connectivity index (χ4v) is 5.76. The topological polar surface area (TPSA) is 59.7 Å². The van der Waals surface area contributed by atoms with E-state index in [2.05, 4.69) is 25.9 Å². The molecule has 1 atom stereocenters. The Balaban J connectivity index is 1.41. The number of hydrogen-bond acceptors (Lipinski definition) is 5. The van der Waals surface area contributed by atoms with Gasteiger partial charge in [-0.25, -0.2) is 19.3 Å². The summed E-state index contributed by atoms with van der Waals surface area (Å²) in [6.07, 6.45) is 6.06.